The Hall–Kier alpha value is -1.14. The molecule has 18 heavy (non-hydrogen) atoms. The lowest BCUT2D eigenvalue weighted by Gasteiger charge is -2.21. The molecule has 1 aromatic rings. The third-order valence-corrected chi connectivity index (χ3v) is 5.21. The van der Waals surface area contributed by atoms with Crippen molar-refractivity contribution >= 4 is 32.9 Å². The van der Waals surface area contributed by atoms with Crippen molar-refractivity contribution in [2.75, 3.05) is 17.1 Å². The molecule has 1 aliphatic carbocycles. The molecule has 0 radical (unpaired) electrons. The fourth-order valence-electron chi connectivity index (χ4n) is 1.80. The van der Waals surface area contributed by atoms with Crippen LogP contribution in [0.4, 0.5) is 5.69 Å². The summed E-state index contributed by atoms with van der Waals surface area (Å²) in [6, 6.07) is 7.03. The first-order valence-electron chi connectivity index (χ1n) is 5.77. The molecule has 1 aliphatic rings. The van der Waals surface area contributed by atoms with Gasteiger partial charge in [-0.25, -0.2) is 8.42 Å². The Kier molecular flexibility index (Phi) is 3.59. The van der Waals surface area contributed by atoms with Gasteiger partial charge in [0.15, 0.2) is 0 Å². The zero-order valence-corrected chi connectivity index (χ0v) is 11.8. The second-order valence-electron chi connectivity index (χ2n) is 4.57. The number of anilines is 1. The Labute approximate surface area is 113 Å². The van der Waals surface area contributed by atoms with E-state index >= 15 is 0 Å². The molecular formula is C12H16N2O2S2. The highest BCUT2D eigenvalue weighted by atomic mass is 32.2. The van der Waals surface area contributed by atoms with Gasteiger partial charge in [-0.15, -0.1) is 0 Å². The minimum absolute atomic E-state index is 0.204. The number of benzene rings is 1. The molecule has 0 aromatic heterocycles. The zero-order valence-electron chi connectivity index (χ0n) is 10.2. The van der Waals surface area contributed by atoms with Crippen molar-refractivity contribution in [3.05, 3.63) is 29.8 Å². The van der Waals surface area contributed by atoms with E-state index in [-0.39, 0.29) is 10.7 Å². The first-order chi connectivity index (χ1) is 8.42. The van der Waals surface area contributed by atoms with Crippen LogP contribution in [0, 0.1) is 5.92 Å². The van der Waals surface area contributed by atoms with E-state index in [4.69, 9.17) is 18.0 Å². The van der Waals surface area contributed by atoms with Crippen molar-refractivity contribution in [1.29, 1.82) is 0 Å². The Morgan fingerprint density at radius 1 is 1.44 bits per heavy atom. The van der Waals surface area contributed by atoms with Crippen molar-refractivity contribution in [2.24, 2.45) is 11.7 Å². The van der Waals surface area contributed by atoms with Gasteiger partial charge in [0.2, 0.25) is 10.0 Å². The van der Waals surface area contributed by atoms with Crippen LogP contribution in [0.25, 0.3) is 0 Å². The van der Waals surface area contributed by atoms with Gasteiger partial charge in [0, 0.05) is 12.6 Å². The second kappa shape index (κ2) is 4.85. The van der Waals surface area contributed by atoms with Crippen LogP contribution >= 0.6 is 12.2 Å². The molecule has 0 saturated heterocycles. The molecule has 1 fully saturated rings. The number of para-hydroxylation sites is 1. The average Bonchev–Trinajstić information content (AvgIpc) is 3.11. The summed E-state index contributed by atoms with van der Waals surface area (Å²) in [5.74, 6) is 0.518. The van der Waals surface area contributed by atoms with E-state index in [9.17, 15) is 8.42 Å². The molecule has 1 saturated carbocycles. The first kappa shape index (κ1) is 13.3. The van der Waals surface area contributed by atoms with Gasteiger partial charge in [-0.2, -0.15) is 0 Å². The summed E-state index contributed by atoms with van der Waals surface area (Å²) < 4.78 is 25.7. The molecule has 0 bridgehead atoms. The normalized spacial score (nSPS) is 15.4. The molecule has 4 nitrogen and oxygen atoms in total. The topological polar surface area (TPSA) is 63.4 Å². The predicted octanol–water partition coefficient (Wildman–Crippen LogP) is 1.50. The number of nitrogens with two attached hydrogens (primary N) is 1. The maximum absolute atomic E-state index is 12.2. The van der Waals surface area contributed by atoms with Crippen molar-refractivity contribution < 1.29 is 8.42 Å². The molecule has 6 heteroatoms. The van der Waals surface area contributed by atoms with Gasteiger partial charge >= 0.3 is 0 Å². The summed E-state index contributed by atoms with van der Waals surface area (Å²) in [5.41, 5.74) is 6.76. The predicted molar refractivity (Wildman–Crippen MR) is 77.2 cm³/mol. The quantitative estimate of drug-likeness (QED) is 0.832. The Morgan fingerprint density at radius 2 is 2.06 bits per heavy atom. The minimum Gasteiger partial charge on any atom is -0.389 e. The molecule has 0 amide bonds. The SMILES string of the molecule is CN(c1ccccc1C(N)=S)S(=O)(=O)CC1CC1. The molecule has 98 valence electrons. The van der Waals surface area contributed by atoms with E-state index in [2.05, 4.69) is 0 Å². The first-order valence-corrected chi connectivity index (χ1v) is 7.79. The molecule has 2 rings (SSSR count). The Balaban J connectivity index is 2.32. The fraction of sp³-hybridized carbons (Fsp3) is 0.417. The summed E-state index contributed by atoms with van der Waals surface area (Å²) in [4.78, 5) is 0.207. The standard InChI is InChI=1S/C12H16N2O2S2/c1-14(18(15,16)8-9-6-7-9)11-5-3-2-4-10(11)12(13)17/h2-5,9H,6-8H2,1H3,(H2,13,17). The highest BCUT2D eigenvalue weighted by molar-refractivity contribution is 7.92. The molecule has 0 spiro atoms. The van der Waals surface area contributed by atoms with E-state index in [1.807, 2.05) is 0 Å². The molecule has 0 atom stereocenters. The van der Waals surface area contributed by atoms with Crippen molar-refractivity contribution in [3.8, 4) is 0 Å². The lowest BCUT2D eigenvalue weighted by Crippen LogP contribution is -2.31. The summed E-state index contributed by atoms with van der Waals surface area (Å²) in [6.07, 6.45) is 2.01. The molecule has 0 heterocycles. The fourth-order valence-corrected chi connectivity index (χ4v) is 3.58. The lowest BCUT2D eigenvalue weighted by atomic mass is 10.2. The van der Waals surface area contributed by atoms with Gasteiger partial charge in [0.05, 0.1) is 11.4 Å². The Bertz CT molecular complexity index is 565. The maximum atomic E-state index is 12.2. The van der Waals surface area contributed by atoms with Gasteiger partial charge < -0.3 is 5.73 Å². The third kappa shape index (κ3) is 2.81. The number of nitrogens with zero attached hydrogens (tertiary/aromatic N) is 1. The molecule has 0 unspecified atom stereocenters. The monoisotopic (exact) mass is 284 g/mol. The number of sulfonamides is 1. The van der Waals surface area contributed by atoms with Gasteiger partial charge in [0.1, 0.15) is 4.99 Å². The molecule has 0 aliphatic heterocycles. The smallest absolute Gasteiger partial charge is 0.235 e. The molecule has 2 N–H and O–H groups in total. The third-order valence-electron chi connectivity index (χ3n) is 3.07. The van der Waals surface area contributed by atoms with E-state index in [0.717, 1.165) is 12.8 Å². The van der Waals surface area contributed by atoms with Crippen LogP contribution in [0.15, 0.2) is 24.3 Å². The van der Waals surface area contributed by atoms with Gasteiger partial charge in [-0.05, 0) is 30.9 Å². The van der Waals surface area contributed by atoms with Crippen LogP contribution in [0.2, 0.25) is 0 Å². The number of rotatable bonds is 5. The summed E-state index contributed by atoms with van der Waals surface area (Å²) in [6.45, 7) is 0. The van der Waals surface area contributed by atoms with E-state index < -0.39 is 10.0 Å². The lowest BCUT2D eigenvalue weighted by molar-refractivity contribution is 0.590. The van der Waals surface area contributed by atoms with Crippen LogP contribution in [0.5, 0.6) is 0 Å². The molecular weight excluding hydrogens is 268 g/mol. The highest BCUT2D eigenvalue weighted by Gasteiger charge is 2.31. The van der Waals surface area contributed by atoms with Crippen molar-refractivity contribution in [3.63, 3.8) is 0 Å². The van der Waals surface area contributed by atoms with Crippen LogP contribution in [-0.2, 0) is 10.0 Å². The molecule has 1 aromatic carbocycles. The van der Waals surface area contributed by atoms with Crippen LogP contribution < -0.4 is 10.0 Å². The number of hydrogen-bond donors (Lipinski definition) is 1. The van der Waals surface area contributed by atoms with Crippen LogP contribution in [-0.4, -0.2) is 26.2 Å². The largest absolute Gasteiger partial charge is 0.389 e. The Morgan fingerprint density at radius 3 is 2.61 bits per heavy atom. The van der Waals surface area contributed by atoms with Gasteiger partial charge in [0.25, 0.3) is 0 Å². The maximum Gasteiger partial charge on any atom is 0.235 e. The zero-order chi connectivity index (χ0) is 13.3. The van der Waals surface area contributed by atoms with Crippen LogP contribution in [0.1, 0.15) is 18.4 Å². The minimum atomic E-state index is -3.29. The van der Waals surface area contributed by atoms with E-state index in [0.29, 0.717) is 17.2 Å². The van der Waals surface area contributed by atoms with Gasteiger partial charge in [-0.3, -0.25) is 4.31 Å². The van der Waals surface area contributed by atoms with Crippen LogP contribution in [0.3, 0.4) is 0 Å². The summed E-state index contributed by atoms with van der Waals surface area (Å²) in [5, 5.41) is 0. The highest BCUT2D eigenvalue weighted by Crippen LogP contribution is 2.32. The second-order valence-corrected chi connectivity index (χ2v) is 7.06. The van der Waals surface area contributed by atoms with Crippen molar-refractivity contribution in [1.82, 2.24) is 0 Å². The number of thiocarbonyl (C=S) groups is 1. The number of hydrogen-bond acceptors (Lipinski definition) is 3. The van der Waals surface area contributed by atoms with E-state index in [1.54, 1.807) is 31.3 Å². The summed E-state index contributed by atoms with van der Waals surface area (Å²) in [7, 11) is -1.74. The van der Waals surface area contributed by atoms with Gasteiger partial charge in [-0.1, -0.05) is 24.4 Å². The summed E-state index contributed by atoms with van der Waals surface area (Å²) >= 11 is 4.95. The average molecular weight is 284 g/mol. The van der Waals surface area contributed by atoms with Crippen molar-refractivity contribution in [2.45, 2.75) is 12.8 Å². The van der Waals surface area contributed by atoms with E-state index in [1.165, 1.54) is 4.31 Å².